The Kier molecular flexibility index (Phi) is 7.44. The molecule has 1 atom stereocenters. The van der Waals surface area contributed by atoms with Crippen LogP contribution in [0.1, 0.15) is 24.5 Å². The van der Waals surface area contributed by atoms with Gasteiger partial charge in [0.05, 0.1) is 13.0 Å². The van der Waals surface area contributed by atoms with Crippen LogP contribution in [0.5, 0.6) is 0 Å². The second-order valence-electron chi connectivity index (χ2n) is 5.38. The molecule has 1 rings (SSSR count). The van der Waals surface area contributed by atoms with Gasteiger partial charge in [-0.3, -0.25) is 19.4 Å². The van der Waals surface area contributed by atoms with Crippen molar-refractivity contribution in [1.82, 2.24) is 5.06 Å². The molecule has 1 aromatic carbocycles. The van der Waals surface area contributed by atoms with Gasteiger partial charge in [-0.2, -0.15) is 0 Å². The number of imide groups is 1. The number of Topliss-reactive ketones (excluding diaryl/α,β-unsaturated/α-hetero) is 1. The lowest BCUT2D eigenvalue weighted by molar-refractivity contribution is -0.153. The summed E-state index contributed by atoms with van der Waals surface area (Å²) < 4.78 is 16.0. The van der Waals surface area contributed by atoms with E-state index in [1.807, 2.05) is 6.92 Å². The quantitative estimate of drug-likeness (QED) is 0.289. The summed E-state index contributed by atoms with van der Waals surface area (Å²) in [6.07, 6.45) is -1.78. The van der Waals surface area contributed by atoms with E-state index in [0.717, 1.165) is 11.1 Å². The number of hydrogen-bond acceptors (Lipinski definition) is 6. The van der Waals surface area contributed by atoms with E-state index in [1.165, 1.54) is 6.92 Å². The molecule has 1 unspecified atom stereocenters. The first-order valence-electron chi connectivity index (χ1n) is 7.44. The van der Waals surface area contributed by atoms with Gasteiger partial charge in [-0.05, 0) is 32.4 Å². The zero-order valence-corrected chi connectivity index (χ0v) is 15.1. The van der Waals surface area contributed by atoms with Crippen molar-refractivity contribution in [2.45, 2.75) is 27.2 Å². The number of nitrogens with zero attached hydrogens (tertiary/aromatic N) is 1. The highest BCUT2D eigenvalue weighted by Gasteiger charge is 2.28. The normalized spacial score (nSPS) is 13.0. The molecule has 1 aromatic rings. The SMILES string of the molecule is CCOP(=O)(O)CC(=O)CC(=O)N(O)C(=O)Nc1ccc(C)cc1C. The average molecular weight is 372 g/mol. The molecule has 0 aromatic heterocycles. The molecule has 9 nitrogen and oxygen atoms in total. The molecule has 25 heavy (non-hydrogen) atoms. The summed E-state index contributed by atoms with van der Waals surface area (Å²) >= 11 is 0. The molecule has 0 radical (unpaired) electrons. The fourth-order valence-corrected chi connectivity index (χ4v) is 3.06. The van der Waals surface area contributed by atoms with E-state index >= 15 is 0 Å². The van der Waals surface area contributed by atoms with E-state index in [9.17, 15) is 29.0 Å². The van der Waals surface area contributed by atoms with Crippen LogP contribution in [0, 0.1) is 13.8 Å². The third kappa shape index (κ3) is 6.75. The van der Waals surface area contributed by atoms with Gasteiger partial charge in [0, 0.05) is 5.69 Å². The lowest BCUT2D eigenvalue weighted by Gasteiger charge is -2.15. The second kappa shape index (κ2) is 8.87. The van der Waals surface area contributed by atoms with Crippen LogP contribution in [0.2, 0.25) is 0 Å². The van der Waals surface area contributed by atoms with Crippen LogP contribution in [-0.2, 0) is 18.7 Å². The van der Waals surface area contributed by atoms with Crippen molar-refractivity contribution < 1.29 is 33.6 Å². The first kappa shape index (κ1) is 21.0. The molecule has 0 spiro atoms. The second-order valence-corrected chi connectivity index (χ2v) is 7.23. The molecule has 138 valence electrons. The maximum atomic E-state index is 11.9. The predicted molar refractivity (Wildman–Crippen MR) is 89.5 cm³/mol. The van der Waals surface area contributed by atoms with Crippen molar-refractivity contribution in [3.8, 4) is 0 Å². The van der Waals surface area contributed by atoms with Crippen LogP contribution in [0.3, 0.4) is 0 Å². The summed E-state index contributed by atoms with van der Waals surface area (Å²) in [5.41, 5.74) is 2.09. The maximum absolute atomic E-state index is 11.9. The minimum atomic E-state index is -4.13. The Morgan fingerprint density at radius 2 is 1.92 bits per heavy atom. The van der Waals surface area contributed by atoms with Gasteiger partial charge in [0.15, 0.2) is 5.78 Å². The van der Waals surface area contributed by atoms with Crippen LogP contribution >= 0.6 is 7.60 Å². The molecule has 10 heteroatoms. The van der Waals surface area contributed by atoms with E-state index in [4.69, 9.17) is 0 Å². The number of benzene rings is 1. The van der Waals surface area contributed by atoms with Gasteiger partial charge in [-0.25, -0.2) is 4.79 Å². The minimum Gasteiger partial charge on any atom is -0.324 e. The number of ketones is 1. The van der Waals surface area contributed by atoms with Gasteiger partial charge < -0.3 is 14.7 Å². The number of carbonyl (C=O) groups excluding carboxylic acids is 3. The molecule has 0 heterocycles. The zero-order valence-electron chi connectivity index (χ0n) is 14.2. The van der Waals surface area contributed by atoms with Crippen molar-refractivity contribution in [2.75, 3.05) is 18.1 Å². The molecule has 3 N–H and O–H groups in total. The summed E-state index contributed by atoms with van der Waals surface area (Å²) in [6, 6.07) is 4.01. The Morgan fingerprint density at radius 1 is 1.28 bits per heavy atom. The number of urea groups is 1. The van der Waals surface area contributed by atoms with Crippen LogP contribution < -0.4 is 5.32 Å². The van der Waals surface area contributed by atoms with Crippen molar-refractivity contribution in [1.29, 1.82) is 0 Å². The largest absolute Gasteiger partial charge is 0.353 e. The number of hydroxylamine groups is 2. The standard InChI is InChI=1S/C15H21N2O7P/c1-4-24-25(22,23)9-12(18)8-14(19)17(21)15(20)16-13-6-5-10(2)7-11(13)3/h5-7,21H,4,8-9H2,1-3H3,(H,16,20)(H,22,23). The Morgan fingerprint density at radius 3 is 2.48 bits per heavy atom. The van der Waals surface area contributed by atoms with E-state index < -0.39 is 37.9 Å². The molecule has 0 aliphatic rings. The summed E-state index contributed by atoms with van der Waals surface area (Å²) in [4.78, 5) is 44.6. The molecule has 3 amide bonds. The number of carbonyl (C=O) groups is 3. The van der Waals surface area contributed by atoms with E-state index in [1.54, 1.807) is 25.1 Å². The number of rotatable bonds is 7. The summed E-state index contributed by atoms with van der Waals surface area (Å²) in [7, 11) is -4.13. The highest BCUT2D eigenvalue weighted by Crippen LogP contribution is 2.41. The Bertz CT molecular complexity index is 720. The molecule has 0 aliphatic heterocycles. The Hall–Kier alpha value is -2.06. The van der Waals surface area contributed by atoms with Crippen LogP contribution in [0.4, 0.5) is 10.5 Å². The van der Waals surface area contributed by atoms with Gasteiger partial charge in [-0.1, -0.05) is 17.7 Å². The highest BCUT2D eigenvalue weighted by molar-refractivity contribution is 7.53. The third-order valence-electron chi connectivity index (χ3n) is 3.11. The van der Waals surface area contributed by atoms with Crippen LogP contribution in [-0.4, -0.2) is 45.7 Å². The lowest BCUT2D eigenvalue weighted by atomic mass is 10.1. The van der Waals surface area contributed by atoms with Gasteiger partial charge in [0.25, 0.3) is 5.91 Å². The van der Waals surface area contributed by atoms with Gasteiger partial charge >= 0.3 is 13.6 Å². The van der Waals surface area contributed by atoms with E-state index in [0.29, 0.717) is 5.69 Å². The van der Waals surface area contributed by atoms with E-state index in [2.05, 4.69) is 9.84 Å². The fraction of sp³-hybridized carbons (Fsp3) is 0.400. The minimum absolute atomic E-state index is 0.0700. The topological polar surface area (TPSA) is 133 Å². The van der Waals surface area contributed by atoms with Crippen molar-refractivity contribution >= 4 is 31.0 Å². The molecule has 0 saturated carbocycles. The number of amides is 3. The molecule has 0 bridgehead atoms. The van der Waals surface area contributed by atoms with Crippen LogP contribution in [0.25, 0.3) is 0 Å². The monoisotopic (exact) mass is 372 g/mol. The van der Waals surface area contributed by atoms with Crippen molar-refractivity contribution in [3.63, 3.8) is 0 Å². The van der Waals surface area contributed by atoms with Crippen LogP contribution in [0.15, 0.2) is 18.2 Å². The number of hydrogen-bond donors (Lipinski definition) is 3. The smallest absolute Gasteiger partial charge is 0.324 e. The summed E-state index contributed by atoms with van der Waals surface area (Å²) in [5, 5.41) is 11.7. The molecular formula is C15H21N2O7P. The summed E-state index contributed by atoms with van der Waals surface area (Å²) in [6.45, 7) is 5.02. The third-order valence-corrected chi connectivity index (χ3v) is 4.52. The Labute approximate surface area is 145 Å². The number of aryl methyl sites for hydroxylation is 2. The first-order valence-corrected chi connectivity index (χ1v) is 9.20. The average Bonchev–Trinajstić information content (AvgIpc) is 2.48. The number of anilines is 1. The van der Waals surface area contributed by atoms with Crippen molar-refractivity contribution in [3.05, 3.63) is 29.3 Å². The molecule has 0 fully saturated rings. The molecule has 0 aliphatic carbocycles. The Balaban J connectivity index is 2.64. The fourth-order valence-electron chi connectivity index (χ4n) is 2.00. The first-order chi connectivity index (χ1) is 11.6. The molecule has 0 saturated heterocycles. The highest BCUT2D eigenvalue weighted by atomic mass is 31.2. The number of nitrogens with one attached hydrogen (secondary N) is 1. The van der Waals surface area contributed by atoms with Gasteiger partial charge in [0.1, 0.15) is 6.16 Å². The zero-order chi connectivity index (χ0) is 19.2. The van der Waals surface area contributed by atoms with E-state index in [-0.39, 0.29) is 11.7 Å². The van der Waals surface area contributed by atoms with Crippen molar-refractivity contribution in [2.24, 2.45) is 0 Å². The molecular weight excluding hydrogens is 351 g/mol. The lowest BCUT2D eigenvalue weighted by Crippen LogP contribution is -2.38. The maximum Gasteiger partial charge on any atom is 0.353 e. The van der Waals surface area contributed by atoms with Gasteiger partial charge in [0.2, 0.25) is 0 Å². The summed E-state index contributed by atoms with van der Waals surface area (Å²) in [5.74, 6) is -2.15. The predicted octanol–water partition coefficient (Wildman–Crippen LogP) is 2.23. The van der Waals surface area contributed by atoms with Gasteiger partial charge in [-0.15, -0.1) is 5.06 Å².